The summed E-state index contributed by atoms with van der Waals surface area (Å²) in [6.07, 6.45) is 0. The number of carbonyl (C=O) groups is 2. The fourth-order valence-electron chi connectivity index (χ4n) is 2.19. The third-order valence-corrected chi connectivity index (χ3v) is 3.31. The number of amides is 2. The first-order valence-corrected chi connectivity index (χ1v) is 6.67. The van der Waals surface area contributed by atoms with Gasteiger partial charge >= 0.3 is 0 Å². The summed E-state index contributed by atoms with van der Waals surface area (Å²) < 4.78 is 18.3. The molecule has 3 rings (SSSR count). The van der Waals surface area contributed by atoms with E-state index in [0.717, 1.165) is 0 Å². The number of hydrogen-bond donors (Lipinski definition) is 2. The predicted octanol–water partition coefficient (Wildman–Crippen LogP) is 2.72. The van der Waals surface area contributed by atoms with Crippen LogP contribution in [0.3, 0.4) is 0 Å². The Bertz CT molecular complexity index is 774. The van der Waals surface area contributed by atoms with Crippen molar-refractivity contribution in [2.24, 2.45) is 0 Å². The molecule has 0 aliphatic carbocycles. The van der Waals surface area contributed by atoms with E-state index in [1.165, 1.54) is 18.2 Å². The Morgan fingerprint density at radius 2 is 2.09 bits per heavy atom. The van der Waals surface area contributed by atoms with Gasteiger partial charge in [0.15, 0.2) is 6.61 Å². The van der Waals surface area contributed by atoms with Crippen LogP contribution in [0.4, 0.5) is 15.8 Å². The monoisotopic (exact) mass is 300 g/mol. The fourth-order valence-corrected chi connectivity index (χ4v) is 2.19. The number of anilines is 2. The summed E-state index contributed by atoms with van der Waals surface area (Å²) in [5.41, 5.74) is 1.99. The Kier molecular flexibility index (Phi) is 3.50. The standard InChI is InChI=1S/C16H13FN2O3/c1-9-6-11(17)3-4-12(9)19-16(21)10-2-5-14-13(7-10)18-15(20)8-22-14/h2-7H,8H2,1H3,(H,18,20)(H,19,21). The average molecular weight is 300 g/mol. The van der Waals surface area contributed by atoms with Crippen molar-refractivity contribution >= 4 is 23.2 Å². The molecule has 112 valence electrons. The molecule has 0 saturated carbocycles. The Balaban J connectivity index is 1.83. The maximum absolute atomic E-state index is 13.1. The van der Waals surface area contributed by atoms with Crippen LogP contribution in [0, 0.1) is 12.7 Å². The van der Waals surface area contributed by atoms with Crippen LogP contribution in [0.2, 0.25) is 0 Å². The van der Waals surface area contributed by atoms with Gasteiger partial charge in [0.25, 0.3) is 11.8 Å². The molecule has 2 N–H and O–H groups in total. The molecule has 0 spiro atoms. The first-order chi connectivity index (χ1) is 10.5. The summed E-state index contributed by atoms with van der Waals surface area (Å²) in [6.45, 7) is 1.67. The lowest BCUT2D eigenvalue weighted by atomic mass is 10.1. The van der Waals surface area contributed by atoms with Gasteiger partial charge in [-0.05, 0) is 48.9 Å². The minimum Gasteiger partial charge on any atom is -0.482 e. The average Bonchev–Trinajstić information content (AvgIpc) is 2.49. The molecule has 0 unspecified atom stereocenters. The highest BCUT2D eigenvalue weighted by molar-refractivity contribution is 6.06. The quantitative estimate of drug-likeness (QED) is 0.896. The minimum atomic E-state index is -0.357. The highest BCUT2D eigenvalue weighted by atomic mass is 19.1. The highest BCUT2D eigenvalue weighted by Crippen LogP contribution is 2.29. The van der Waals surface area contributed by atoms with Gasteiger partial charge in [-0.25, -0.2) is 4.39 Å². The second-order valence-electron chi connectivity index (χ2n) is 4.96. The summed E-state index contributed by atoms with van der Waals surface area (Å²) in [6, 6.07) is 8.90. The van der Waals surface area contributed by atoms with Gasteiger partial charge in [-0.1, -0.05) is 0 Å². The number of fused-ring (bicyclic) bond motifs is 1. The maximum atomic E-state index is 13.1. The van der Waals surface area contributed by atoms with Crippen LogP contribution >= 0.6 is 0 Å². The highest BCUT2D eigenvalue weighted by Gasteiger charge is 2.18. The molecule has 0 fully saturated rings. The van der Waals surface area contributed by atoms with E-state index in [-0.39, 0.29) is 24.2 Å². The van der Waals surface area contributed by atoms with E-state index in [1.807, 2.05) is 0 Å². The van der Waals surface area contributed by atoms with Crippen molar-refractivity contribution in [3.63, 3.8) is 0 Å². The van der Waals surface area contributed by atoms with E-state index in [0.29, 0.717) is 28.3 Å². The SMILES string of the molecule is Cc1cc(F)ccc1NC(=O)c1ccc2c(c1)NC(=O)CO2. The van der Waals surface area contributed by atoms with E-state index in [4.69, 9.17) is 4.74 Å². The number of aryl methyl sites for hydroxylation is 1. The molecule has 0 bridgehead atoms. The Morgan fingerprint density at radius 3 is 2.86 bits per heavy atom. The number of benzene rings is 2. The van der Waals surface area contributed by atoms with Crippen LogP contribution in [-0.4, -0.2) is 18.4 Å². The van der Waals surface area contributed by atoms with Crippen LogP contribution in [0.25, 0.3) is 0 Å². The number of nitrogens with one attached hydrogen (secondary N) is 2. The lowest BCUT2D eigenvalue weighted by molar-refractivity contribution is -0.118. The zero-order valence-electron chi connectivity index (χ0n) is 11.8. The van der Waals surface area contributed by atoms with Gasteiger partial charge in [-0.3, -0.25) is 9.59 Å². The first kappa shape index (κ1) is 14.1. The number of halogens is 1. The molecule has 1 heterocycles. The van der Waals surface area contributed by atoms with Crippen LogP contribution in [0.1, 0.15) is 15.9 Å². The largest absolute Gasteiger partial charge is 0.482 e. The lowest BCUT2D eigenvalue weighted by Gasteiger charge is -2.18. The Hall–Kier alpha value is -2.89. The van der Waals surface area contributed by atoms with E-state index in [9.17, 15) is 14.0 Å². The van der Waals surface area contributed by atoms with Crippen molar-refractivity contribution in [3.8, 4) is 5.75 Å². The van der Waals surface area contributed by atoms with Crippen molar-refractivity contribution in [1.82, 2.24) is 0 Å². The third-order valence-electron chi connectivity index (χ3n) is 3.31. The third kappa shape index (κ3) is 2.76. The van der Waals surface area contributed by atoms with Crippen LogP contribution in [0.5, 0.6) is 5.75 Å². The van der Waals surface area contributed by atoms with Gasteiger partial charge in [-0.2, -0.15) is 0 Å². The molecule has 6 heteroatoms. The minimum absolute atomic E-state index is 0.0344. The van der Waals surface area contributed by atoms with Gasteiger partial charge < -0.3 is 15.4 Å². The predicted molar refractivity (Wildman–Crippen MR) is 79.7 cm³/mol. The van der Waals surface area contributed by atoms with Crippen molar-refractivity contribution in [2.75, 3.05) is 17.2 Å². The molecule has 22 heavy (non-hydrogen) atoms. The van der Waals surface area contributed by atoms with E-state index < -0.39 is 0 Å². The molecule has 1 aliphatic rings. The zero-order chi connectivity index (χ0) is 15.7. The van der Waals surface area contributed by atoms with Gasteiger partial charge in [0.2, 0.25) is 0 Å². The van der Waals surface area contributed by atoms with Crippen LogP contribution in [0.15, 0.2) is 36.4 Å². The van der Waals surface area contributed by atoms with Crippen molar-refractivity contribution in [3.05, 3.63) is 53.3 Å². The topological polar surface area (TPSA) is 67.4 Å². The molecule has 5 nitrogen and oxygen atoms in total. The van der Waals surface area contributed by atoms with Gasteiger partial charge in [0, 0.05) is 11.3 Å². The molecular formula is C16H13FN2O3. The maximum Gasteiger partial charge on any atom is 0.262 e. The smallest absolute Gasteiger partial charge is 0.262 e. The molecule has 2 aromatic carbocycles. The van der Waals surface area contributed by atoms with E-state index in [2.05, 4.69) is 10.6 Å². The molecule has 2 aromatic rings. The number of carbonyl (C=O) groups excluding carboxylic acids is 2. The van der Waals surface area contributed by atoms with Gasteiger partial charge in [-0.15, -0.1) is 0 Å². The molecule has 0 atom stereocenters. The van der Waals surface area contributed by atoms with Gasteiger partial charge in [0.1, 0.15) is 11.6 Å². The summed E-state index contributed by atoms with van der Waals surface area (Å²) in [5.74, 6) is -0.449. The lowest BCUT2D eigenvalue weighted by Crippen LogP contribution is -2.25. The summed E-state index contributed by atoms with van der Waals surface area (Å²) in [7, 11) is 0. The number of hydrogen-bond acceptors (Lipinski definition) is 3. The van der Waals surface area contributed by atoms with Crippen molar-refractivity contribution in [2.45, 2.75) is 6.92 Å². The molecular weight excluding hydrogens is 287 g/mol. The second-order valence-corrected chi connectivity index (χ2v) is 4.96. The molecule has 0 aromatic heterocycles. The first-order valence-electron chi connectivity index (χ1n) is 6.67. The van der Waals surface area contributed by atoms with Crippen LogP contribution < -0.4 is 15.4 Å². The number of rotatable bonds is 2. The normalized spacial score (nSPS) is 12.9. The summed E-state index contributed by atoms with van der Waals surface area (Å²) in [4.78, 5) is 23.6. The van der Waals surface area contributed by atoms with Crippen LogP contribution in [-0.2, 0) is 4.79 Å². The Labute approximate surface area is 126 Å². The van der Waals surface area contributed by atoms with E-state index in [1.54, 1.807) is 25.1 Å². The van der Waals surface area contributed by atoms with Crippen molar-refractivity contribution in [1.29, 1.82) is 0 Å². The summed E-state index contributed by atoms with van der Waals surface area (Å²) >= 11 is 0. The molecule has 0 saturated heterocycles. The number of ether oxygens (including phenoxy) is 1. The van der Waals surface area contributed by atoms with Gasteiger partial charge in [0.05, 0.1) is 5.69 Å². The second kappa shape index (κ2) is 5.48. The van der Waals surface area contributed by atoms with Crippen molar-refractivity contribution < 1.29 is 18.7 Å². The molecule has 0 radical (unpaired) electrons. The Morgan fingerprint density at radius 1 is 1.27 bits per heavy atom. The zero-order valence-corrected chi connectivity index (χ0v) is 11.8. The molecule has 1 aliphatic heterocycles. The molecule has 2 amide bonds. The fraction of sp³-hybridized carbons (Fsp3) is 0.125. The van der Waals surface area contributed by atoms with E-state index >= 15 is 0 Å². The summed E-state index contributed by atoms with van der Waals surface area (Å²) in [5, 5.41) is 5.36.